The fourth-order valence-corrected chi connectivity index (χ4v) is 2.98. The first-order chi connectivity index (χ1) is 12.6. The van der Waals surface area contributed by atoms with E-state index in [9.17, 15) is 10.1 Å². The average Bonchev–Trinajstić information content (AvgIpc) is 3.14. The Labute approximate surface area is 160 Å². The number of carbonyl (C=O) groups excluding carboxylic acids is 1. The summed E-state index contributed by atoms with van der Waals surface area (Å²) in [5.41, 5.74) is 2.28. The van der Waals surface area contributed by atoms with Crippen molar-refractivity contribution >= 4 is 21.7 Å². The molecule has 1 heterocycles. The number of ketones is 1. The Kier molecular flexibility index (Phi) is 5.55. The third-order valence-corrected chi connectivity index (χ3v) is 4.53. The summed E-state index contributed by atoms with van der Waals surface area (Å²) in [7, 11) is 0. The van der Waals surface area contributed by atoms with Gasteiger partial charge in [-0.3, -0.25) is 4.79 Å². The number of benzene rings is 2. The number of nitrogens with zero attached hydrogens (tertiary/aromatic N) is 1. The highest BCUT2D eigenvalue weighted by molar-refractivity contribution is 9.10. The summed E-state index contributed by atoms with van der Waals surface area (Å²) in [4.78, 5) is 12.7. The molecule has 0 fully saturated rings. The molecule has 1 unspecified atom stereocenters. The second-order valence-corrected chi connectivity index (χ2v) is 6.74. The normalized spacial score (nSPS) is 15.5. The predicted octanol–water partition coefficient (Wildman–Crippen LogP) is 4.79. The Bertz CT molecular complexity index is 910. The van der Waals surface area contributed by atoms with Crippen LogP contribution in [0.2, 0.25) is 0 Å². The number of halogens is 1. The topological polar surface area (TPSA) is 59.3 Å². The number of hydrogen-bond acceptors (Lipinski definition) is 4. The minimum atomic E-state index is -0.201. The maximum Gasteiger partial charge on any atom is 0.194 e. The Morgan fingerprint density at radius 1 is 1.35 bits per heavy atom. The van der Waals surface area contributed by atoms with Gasteiger partial charge in [-0.1, -0.05) is 28.6 Å². The highest BCUT2D eigenvalue weighted by Crippen LogP contribution is 2.23. The SMILES string of the molecule is C=CC1=COC(COc2ccc(C(=O)c3cc(Br)ccc3C#N)cc2)C1. The molecule has 0 saturated carbocycles. The number of nitriles is 1. The molecule has 0 amide bonds. The Morgan fingerprint density at radius 3 is 2.77 bits per heavy atom. The second kappa shape index (κ2) is 8.03. The van der Waals surface area contributed by atoms with Gasteiger partial charge in [0.05, 0.1) is 17.9 Å². The van der Waals surface area contributed by atoms with Crippen LogP contribution >= 0.6 is 15.9 Å². The molecule has 0 aromatic heterocycles. The molecule has 0 aliphatic carbocycles. The average molecular weight is 410 g/mol. The lowest BCUT2D eigenvalue weighted by molar-refractivity contribution is 0.103. The fourth-order valence-electron chi connectivity index (χ4n) is 2.62. The lowest BCUT2D eigenvalue weighted by Gasteiger charge is -2.12. The van der Waals surface area contributed by atoms with Crippen molar-refractivity contribution < 1.29 is 14.3 Å². The van der Waals surface area contributed by atoms with Crippen LogP contribution in [0.25, 0.3) is 0 Å². The van der Waals surface area contributed by atoms with E-state index in [0.717, 1.165) is 16.5 Å². The third-order valence-electron chi connectivity index (χ3n) is 4.04. The van der Waals surface area contributed by atoms with Gasteiger partial charge in [-0.25, -0.2) is 0 Å². The van der Waals surface area contributed by atoms with E-state index < -0.39 is 0 Å². The molecule has 0 spiro atoms. The van der Waals surface area contributed by atoms with Crippen LogP contribution in [0.4, 0.5) is 0 Å². The summed E-state index contributed by atoms with van der Waals surface area (Å²) in [6, 6.07) is 14.0. The molecule has 26 heavy (non-hydrogen) atoms. The molecular formula is C21H16BrNO3. The van der Waals surface area contributed by atoms with Crippen molar-refractivity contribution in [3.63, 3.8) is 0 Å². The van der Waals surface area contributed by atoms with E-state index in [2.05, 4.69) is 28.6 Å². The lowest BCUT2D eigenvalue weighted by atomic mass is 9.99. The molecule has 130 valence electrons. The van der Waals surface area contributed by atoms with E-state index in [1.807, 2.05) is 0 Å². The number of rotatable bonds is 6. The first-order valence-corrected chi connectivity index (χ1v) is 8.84. The molecule has 1 atom stereocenters. The van der Waals surface area contributed by atoms with Crippen molar-refractivity contribution in [2.45, 2.75) is 12.5 Å². The van der Waals surface area contributed by atoms with Crippen LogP contribution in [0.5, 0.6) is 5.75 Å². The van der Waals surface area contributed by atoms with Crippen LogP contribution in [0.3, 0.4) is 0 Å². The molecule has 5 heteroatoms. The van der Waals surface area contributed by atoms with Gasteiger partial charge in [-0.2, -0.15) is 5.26 Å². The van der Waals surface area contributed by atoms with Crippen molar-refractivity contribution in [3.8, 4) is 11.8 Å². The number of hydrogen-bond donors (Lipinski definition) is 0. The first-order valence-electron chi connectivity index (χ1n) is 8.05. The molecule has 3 rings (SSSR count). The molecule has 0 radical (unpaired) electrons. The molecule has 4 nitrogen and oxygen atoms in total. The van der Waals surface area contributed by atoms with Gasteiger partial charge in [0.2, 0.25) is 0 Å². The van der Waals surface area contributed by atoms with Crippen LogP contribution in [0, 0.1) is 11.3 Å². The van der Waals surface area contributed by atoms with Crippen molar-refractivity contribution in [3.05, 3.63) is 88.1 Å². The van der Waals surface area contributed by atoms with Gasteiger partial charge in [0.15, 0.2) is 5.78 Å². The zero-order chi connectivity index (χ0) is 18.5. The van der Waals surface area contributed by atoms with Gasteiger partial charge in [-0.05, 0) is 48.0 Å². The molecule has 0 N–H and O–H groups in total. The third kappa shape index (κ3) is 4.04. The van der Waals surface area contributed by atoms with E-state index in [4.69, 9.17) is 9.47 Å². The lowest BCUT2D eigenvalue weighted by Crippen LogP contribution is -2.16. The smallest absolute Gasteiger partial charge is 0.194 e. The molecule has 1 aliphatic heterocycles. The second-order valence-electron chi connectivity index (χ2n) is 5.83. The van der Waals surface area contributed by atoms with Crippen molar-refractivity contribution in [1.29, 1.82) is 5.26 Å². The van der Waals surface area contributed by atoms with Crippen molar-refractivity contribution in [1.82, 2.24) is 0 Å². The van der Waals surface area contributed by atoms with Crippen molar-refractivity contribution in [2.24, 2.45) is 0 Å². The minimum Gasteiger partial charge on any atom is -0.494 e. The molecule has 1 aliphatic rings. The summed E-state index contributed by atoms with van der Waals surface area (Å²) < 4.78 is 12.0. The molecule has 0 saturated heterocycles. The number of allylic oxidation sites excluding steroid dienone is 1. The van der Waals surface area contributed by atoms with Crippen LogP contribution in [0.1, 0.15) is 27.9 Å². The van der Waals surface area contributed by atoms with Crippen molar-refractivity contribution in [2.75, 3.05) is 6.61 Å². The van der Waals surface area contributed by atoms with Crippen LogP contribution in [0.15, 0.2) is 71.4 Å². The predicted molar refractivity (Wildman–Crippen MR) is 102 cm³/mol. The fraction of sp³-hybridized carbons (Fsp3) is 0.143. The highest BCUT2D eigenvalue weighted by Gasteiger charge is 2.18. The number of carbonyl (C=O) groups is 1. The molecule has 2 aromatic rings. The molecule has 2 aromatic carbocycles. The molecule has 0 bridgehead atoms. The van der Waals surface area contributed by atoms with E-state index in [1.54, 1.807) is 54.8 Å². The summed E-state index contributed by atoms with van der Waals surface area (Å²) in [5.74, 6) is 0.459. The summed E-state index contributed by atoms with van der Waals surface area (Å²) >= 11 is 3.34. The Balaban J connectivity index is 1.66. The summed E-state index contributed by atoms with van der Waals surface area (Å²) in [6.07, 6.45) is 4.23. The number of ether oxygens (including phenoxy) is 2. The van der Waals surface area contributed by atoms with Crippen LogP contribution in [-0.2, 0) is 4.74 Å². The Morgan fingerprint density at radius 2 is 2.12 bits per heavy atom. The van der Waals surface area contributed by atoms with E-state index in [1.165, 1.54) is 0 Å². The summed E-state index contributed by atoms with van der Waals surface area (Å²) in [5, 5.41) is 9.20. The highest BCUT2D eigenvalue weighted by atomic mass is 79.9. The quantitative estimate of drug-likeness (QED) is 0.643. The zero-order valence-corrected chi connectivity index (χ0v) is 15.5. The van der Waals surface area contributed by atoms with Crippen LogP contribution < -0.4 is 4.74 Å². The van der Waals surface area contributed by atoms with Gasteiger partial charge in [-0.15, -0.1) is 0 Å². The maximum absolute atomic E-state index is 12.7. The maximum atomic E-state index is 12.7. The standard InChI is InChI=1S/C21H16BrNO3/c1-2-14-9-19(25-12-14)13-26-18-7-4-15(5-8-18)21(24)20-10-17(22)6-3-16(20)11-23/h2-8,10,12,19H,1,9,13H2. The molecular weight excluding hydrogens is 394 g/mol. The zero-order valence-electron chi connectivity index (χ0n) is 13.9. The summed E-state index contributed by atoms with van der Waals surface area (Å²) in [6.45, 7) is 4.14. The van der Waals surface area contributed by atoms with E-state index in [-0.39, 0.29) is 11.9 Å². The van der Waals surface area contributed by atoms with Crippen LogP contribution in [-0.4, -0.2) is 18.5 Å². The Hall–Kier alpha value is -2.84. The van der Waals surface area contributed by atoms with Gasteiger partial charge >= 0.3 is 0 Å². The minimum absolute atomic E-state index is 0.0239. The van der Waals surface area contributed by atoms with Gasteiger partial charge < -0.3 is 9.47 Å². The van der Waals surface area contributed by atoms with Gasteiger partial charge in [0.25, 0.3) is 0 Å². The van der Waals surface area contributed by atoms with Gasteiger partial charge in [0.1, 0.15) is 18.5 Å². The monoisotopic (exact) mass is 409 g/mol. The van der Waals surface area contributed by atoms with E-state index in [0.29, 0.717) is 29.0 Å². The first kappa shape index (κ1) is 18.0. The van der Waals surface area contributed by atoms with E-state index >= 15 is 0 Å². The largest absolute Gasteiger partial charge is 0.494 e. The van der Waals surface area contributed by atoms with Gasteiger partial charge in [0, 0.05) is 22.0 Å².